The molecule has 1 N–H and O–H groups in total. The Hall–Kier alpha value is -3.68. The second kappa shape index (κ2) is 8.77. The molecule has 0 spiro atoms. The highest BCUT2D eigenvalue weighted by molar-refractivity contribution is 5.85. The fourth-order valence-corrected chi connectivity index (χ4v) is 3.47. The Bertz CT molecular complexity index is 1130. The number of para-hydroxylation sites is 1. The third kappa shape index (κ3) is 3.63. The van der Waals surface area contributed by atoms with Crippen molar-refractivity contribution >= 4 is 16.9 Å². The van der Waals surface area contributed by atoms with Gasteiger partial charge in [-0.25, -0.2) is 4.79 Å². The van der Waals surface area contributed by atoms with E-state index >= 15 is 0 Å². The highest BCUT2D eigenvalue weighted by atomic mass is 16.5. The lowest BCUT2D eigenvalue weighted by atomic mass is 9.87. The largest absolute Gasteiger partial charge is 0.507 e. The smallest absolute Gasteiger partial charge is 0.343 e. The van der Waals surface area contributed by atoms with E-state index in [-0.39, 0.29) is 34.8 Å². The van der Waals surface area contributed by atoms with E-state index in [1.165, 1.54) is 28.4 Å². The molecule has 0 aliphatic rings. The molecule has 1 heterocycles. The van der Waals surface area contributed by atoms with E-state index in [2.05, 4.69) is 0 Å². The van der Waals surface area contributed by atoms with Crippen molar-refractivity contribution in [2.75, 3.05) is 28.4 Å². The van der Waals surface area contributed by atoms with E-state index in [1.807, 2.05) is 0 Å². The van der Waals surface area contributed by atoms with Gasteiger partial charge in [-0.3, -0.25) is 4.79 Å². The van der Waals surface area contributed by atoms with Crippen LogP contribution in [0.25, 0.3) is 11.0 Å². The first-order chi connectivity index (χ1) is 14.5. The molecule has 0 fully saturated rings. The minimum absolute atomic E-state index is 0.0791. The Morgan fingerprint density at radius 1 is 1.00 bits per heavy atom. The van der Waals surface area contributed by atoms with Crippen LogP contribution in [-0.4, -0.2) is 39.5 Å². The molecule has 0 radical (unpaired) electrons. The summed E-state index contributed by atoms with van der Waals surface area (Å²) in [5.74, 6) is -0.816. The average molecular weight is 414 g/mol. The molecule has 3 rings (SSSR count). The van der Waals surface area contributed by atoms with Gasteiger partial charge in [0.2, 0.25) is 5.75 Å². The molecule has 0 saturated heterocycles. The van der Waals surface area contributed by atoms with Crippen LogP contribution in [0.4, 0.5) is 0 Å². The van der Waals surface area contributed by atoms with Gasteiger partial charge in [-0.05, 0) is 18.2 Å². The number of rotatable bonds is 7. The average Bonchev–Trinajstić information content (AvgIpc) is 2.76. The number of esters is 1. The summed E-state index contributed by atoms with van der Waals surface area (Å²) >= 11 is 0. The summed E-state index contributed by atoms with van der Waals surface area (Å²) in [6, 6.07) is 9.86. The van der Waals surface area contributed by atoms with Gasteiger partial charge < -0.3 is 28.5 Å². The van der Waals surface area contributed by atoms with Gasteiger partial charge in [0.25, 0.3) is 0 Å². The number of methoxy groups -OCH3 is 4. The van der Waals surface area contributed by atoms with Crippen molar-refractivity contribution in [1.29, 1.82) is 0 Å². The molecule has 158 valence electrons. The molecular weight excluding hydrogens is 392 g/mol. The van der Waals surface area contributed by atoms with Crippen molar-refractivity contribution in [1.82, 2.24) is 0 Å². The molecule has 8 heteroatoms. The third-order valence-corrected chi connectivity index (χ3v) is 4.88. The van der Waals surface area contributed by atoms with Crippen LogP contribution in [0.3, 0.4) is 0 Å². The normalized spacial score (nSPS) is 11.7. The van der Waals surface area contributed by atoms with Gasteiger partial charge >= 0.3 is 11.6 Å². The Kier molecular flexibility index (Phi) is 6.15. The van der Waals surface area contributed by atoms with E-state index in [0.29, 0.717) is 16.7 Å². The highest BCUT2D eigenvalue weighted by Gasteiger charge is 2.31. The van der Waals surface area contributed by atoms with Crippen LogP contribution in [-0.2, 0) is 9.53 Å². The standard InChI is InChI=1S/C22H22O8/c1-26-16-10-9-12(20(28-3)21(16)29-4)14(11-17(23)27-2)18-19(24)13-7-5-6-8-15(13)30-22(18)25/h5-10,14,24H,11H2,1-4H3. The molecule has 1 unspecified atom stereocenters. The molecule has 30 heavy (non-hydrogen) atoms. The van der Waals surface area contributed by atoms with Crippen LogP contribution in [0.5, 0.6) is 23.0 Å². The maximum atomic E-state index is 12.8. The van der Waals surface area contributed by atoms with Gasteiger partial charge in [0.1, 0.15) is 11.3 Å². The minimum Gasteiger partial charge on any atom is -0.507 e. The summed E-state index contributed by atoms with van der Waals surface area (Å²) in [5, 5.41) is 11.3. The summed E-state index contributed by atoms with van der Waals surface area (Å²) in [6.45, 7) is 0. The van der Waals surface area contributed by atoms with Crippen molar-refractivity contribution < 1.29 is 33.3 Å². The number of carbonyl (C=O) groups excluding carboxylic acids is 1. The van der Waals surface area contributed by atoms with E-state index in [9.17, 15) is 14.7 Å². The lowest BCUT2D eigenvalue weighted by Gasteiger charge is -2.22. The van der Waals surface area contributed by atoms with Crippen LogP contribution in [0, 0.1) is 0 Å². The quantitative estimate of drug-likeness (QED) is 0.464. The zero-order valence-electron chi connectivity index (χ0n) is 17.1. The van der Waals surface area contributed by atoms with Crippen LogP contribution in [0.2, 0.25) is 0 Å². The van der Waals surface area contributed by atoms with E-state index in [4.69, 9.17) is 23.4 Å². The molecule has 8 nitrogen and oxygen atoms in total. The maximum absolute atomic E-state index is 12.8. The van der Waals surface area contributed by atoms with Gasteiger partial charge in [-0.1, -0.05) is 18.2 Å². The van der Waals surface area contributed by atoms with Crippen molar-refractivity contribution in [3.8, 4) is 23.0 Å². The first-order valence-electron chi connectivity index (χ1n) is 9.07. The molecule has 1 atom stereocenters. The molecular formula is C22H22O8. The van der Waals surface area contributed by atoms with Crippen LogP contribution < -0.4 is 19.8 Å². The molecule has 2 aromatic carbocycles. The molecule has 1 aromatic heterocycles. The van der Waals surface area contributed by atoms with E-state index < -0.39 is 17.5 Å². The molecule has 0 saturated carbocycles. The first kappa shape index (κ1) is 21.0. The summed E-state index contributed by atoms with van der Waals surface area (Å²) in [7, 11) is 5.60. The number of hydrogen-bond acceptors (Lipinski definition) is 8. The Balaban J connectivity index is 2.33. The van der Waals surface area contributed by atoms with E-state index in [1.54, 1.807) is 36.4 Å². The second-order valence-corrected chi connectivity index (χ2v) is 6.40. The topological polar surface area (TPSA) is 104 Å². The predicted molar refractivity (Wildman–Crippen MR) is 109 cm³/mol. The van der Waals surface area contributed by atoms with Gasteiger partial charge in [0.05, 0.1) is 45.8 Å². The number of fused-ring (bicyclic) bond motifs is 1. The van der Waals surface area contributed by atoms with Crippen molar-refractivity contribution in [3.63, 3.8) is 0 Å². The fraction of sp³-hybridized carbons (Fsp3) is 0.273. The van der Waals surface area contributed by atoms with Gasteiger partial charge in [-0.2, -0.15) is 0 Å². The third-order valence-electron chi connectivity index (χ3n) is 4.88. The van der Waals surface area contributed by atoms with Crippen LogP contribution in [0.1, 0.15) is 23.5 Å². The fourth-order valence-electron chi connectivity index (χ4n) is 3.47. The van der Waals surface area contributed by atoms with Crippen LogP contribution in [0.15, 0.2) is 45.6 Å². The zero-order valence-corrected chi connectivity index (χ0v) is 17.1. The SMILES string of the molecule is COC(=O)CC(c1ccc(OC)c(OC)c1OC)c1c(O)c2ccccc2oc1=O. The highest BCUT2D eigenvalue weighted by Crippen LogP contribution is 2.46. The molecule has 3 aromatic rings. The summed E-state index contributed by atoms with van der Waals surface area (Å²) in [4.78, 5) is 25.0. The van der Waals surface area contributed by atoms with Gasteiger partial charge in [-0.15, -0.1) is 0 Å². The molecule has 0 aliphatic heterocycles. The molecule has 0 amide bonds. The van der Waals surface area contributed by atoms with E-state index in [0.717, 1.165) is 0 Å². The van der Waals surface area contributed by atoms with Crippen molar-refractivity contribution in [2.24, 2.45) is 0 Å². The second-order valence-electron chi connectivity index (χ2n) is 6.40. The number of ether oxygens (including phenoxy) is 4. The number of carbonyl (C=O) groups is 1. The van der Waals surface area contributed by atoms with Gasteiger partial charge in [0.15, 0.2) is 11.5 Å². The van der Waals surface area contributed by atoms with Crippen LogP contribution >= 0.6 is 0 Å². The summed E-state index contributed by atoms with van der Waals surface area (Å²) in [6.07, 6.45) is -0.237. The maximum Gasteiger partial charge on any atom is 0.343 e. The monoisotopic (exact) mass is 414 g/mol. The Morgan fingerprint density at radius 3 is 2.33 bits per heavy atom. The summed E-state index contributed by atoms with van der Waals surface area (Å²) < 4.78 is 26.5. The minimum atomic E-state index is -0.923. The van der Waals surface area contributed by atoms with Gasteiger partial charge in [0, 0.05) is 11.5 Å². The van der Waals surface area contributed by atoms with Crippen molar-refractivity contribution in [2.45, 2.75) is 12.3 Å². The number of hydrogen-bond donors (Lipinski definition) is 1. The first-order valence-corrected chi connectivity index (χ1v) is 9.07. The molecule has 0 bridgehead atoms. The lowest BCUT2D eigenvalue weighted by molar-refractivity contribution is -0.140. The zero-order chi connectivity index (χ0) is 21.8. The van der Waals surface area contributed by atoms with Crippen molar-refractivity contribution in [3.05, 3.63) is 57.9 Å². The lowest BCUT2D eigenvalue weighted by Crippen LogP contribution is -2.19. The number of benzene rings is 2. The Labute approximate surface area is 172 Å². The molecule has 0 aliphatic carbocycles. The predicted octanol–water partition coefficient (Wildman–Crippen LogP) is 3.22. The number of aromatic hydroxyl groups is 1. The Morgan fingerprint density at radius 2 is 1.70 bits per heavy atom. The summed E-state index contributed by atoms with van der Waals surface area (Å²) in [5.41, 5.74) is -0.181.